The van der Waals surface area contributed by atoms with E-state index in [1.807, 2.05) is 11.7 Å². The standard InChI is InChI=1S/C10H15N3O2/c1-13-9-4-2-3-6(9)8(12-13)5-7(11)10(14)15/h7H,2-5,11H2,1H3,(H,14,15). The highest BCUT2D eigenvalue weighted by molar-refractivity contribution is 5.73. The van der Waals surface area contributed by atoms with E-state index in [9.17, 15) is 4.79 Å². The van der Waals surface area contributed by atoms with E-state index in [0.29, 0.717) is 6.42 Å². The molecule has 5 nitrogen and oxygen atoms in total. The fraction of sp³-hybridized carbons (Fsp3) is 0.600. The summed E-state index contributed by atoms with van der Waals surface area (Å²) >= 11 is 0. The SMILES string of the molecule is Cn1nc(CC(N)C(=O)O)c2c1CCC2. The van der Waals surface area contributed by atoms with Gasteiger partial charge in [-0.2, -0.15) is 5.10 Å². The van der Waals surface area contributed by atoms with Crippen LogP contribution >= 0.6 is 0 Å². The molecule has 1 heterocycles. The lowest BCUT2D eigenvalue weighted by molar-refractivity contribution is -0.138. The number of fused-ring (bicyclic) bond motifs is 1. The number of aromatic nitrogens is 2. The van der Waals surface area contributed by atoms with Crippen molar-refractivity contribution in [3.63, 3.8) is 0 Å². The summed E-state index contributed by atoms with van der Waals surface area (Å²) in [5.74, 6) is -0.965. The largest absolute Gasteiger partial charge is 0.480 e. The van der Waals surface area contributed by atoms with Crippen molar-refractivity contribution < 1.29 is 9.90 Å². The quantitative estimate of drug-likeness (QED) is 0.726. The highest BCUT2D eigenvalue weighted by atomic mass is 16.4. The average molecular weight is 209 g/mol. The highest BCUT2D eigenvalue weighted by Crippen LogP contribution is 2.25. The predicted molar refractivity (Wildman–Crippen MR) is 54.5 cm³/mol. The van der Waals surface area contributed by atoms with Crippen molar-refractivity contribution in [1.29, 1.82) is 0 Å². The summed E-state index contributed by atoms with van der Waals surface area (Å²) in [6.45, 7) is 0. The van der Waals surface area contributed by atoms with Gasteiger partial charge in [0, 0.05) is 19.2 Å². The molecule has 0 radical (unpaired) electrons. The molecule has 0 amide bonds. The first-order valence-electron chi connectivity index (χ1n) is 5.11. The molecule has 0 aliphatic heterocycles. The van der Waals surface area contributed by atoms with Crippen molar-refractivity contribution in [2.45, 2.75) is 31.7 Å². The molecule has 1 aromatic rings. The second kappa shape index (κ2) is 3.66. The zero-order valence-corrected chi connectivity index (χ0v) is 8.73. The molecule has 15 heavy (non-hydrogen) atoms. The molecule has 0 aromatic carbocycles. The molecule has 1 aromatic heterocycles. The summed E-state index contributed by atoms with van der Waals surface area (Å²) in [4.78, 5) is 10.7. The molecule has 0 saturated carbocycles. The summed E-state index contributed by atoms with van der Waals surface area (Å²) in [5, 5.41) is 13.1. The van der Waals surface area contributed by atoms with E-state index in [2.05, 4.69) is 5.10 Å². The van der Waals surface area contributed by atoms with Crippen LogP contribution in [-0.4, -0.2) is 26.9 Å². The third-order valence-corrected chi connectivity index (χ3v) is 2.93. The number of carbonyl (C=O) groups is 1. The lowest BCUT2D eigenvalue weighted by Gasteiger charge is -2.04. The van der Waals surface area contributed by atoms with E-state index in [4.69, 9.17) is 10.8 Å². The Bertz CT molecular complexity index is 398. The fourth-order valence-electron chi connectivity index (χ4n) is 2.16. The van der Waals surface area contributed by atoms with Crippen molar-refractivity contribution in [2.75, 3.05) is 0 Å². The van der Waals surface area contributed by atoms with E-state index < -0.39 is 12.0 Å². The molecule has 82 valence electrons. The molecule has 1 atom stereocenters. The molecule has 3 N–H and O–H groups in total. The van der Waals surface area contributed by atoms with Gasteiger partial charge < -0.3 is 10.8 Å². The van der Waals surface area contributed by atoms with Gasteiger partial charge in [0.2, 0.25) is 0 Å². The van der Waals surface area contributed by atoms with Gasteiger partial charge in [-0.05, 0) is 24.8 Å². The van der Waals surface area contributed by atoms with Crippen molar-refractivity contribution in [1.82, 2.24) is 9.78 Å². The lowest BCUT2D eigenvalue weighted by Crippen LogP contribution is -2.32. The van der Waals surface area contributed by atoms with Crippen molar-refractivity contribution in [3.05, 3.63) is 17.0 Å². The van der Waals surface area contributed by atoms with Gasteiger partial charge in [-0.25, -0.2) is 0 Å². The molecule has 0 bridgehead atoms. The minimum absolute atomic E-state index is 0.332. The molecule has 5 heteroatoms. The smallest absolute Gasteiger partial charge is 0.320 e. The molecular formula is C10H15N3O2. The summed E-state index contributed by atoms with van der Waals surface area (Å²) in [5.41, 5.74) is 8.82. The van der Waals surface area contributed by atoms with Gasteiger partial charge in [0.05, 0.1) is 5.69 Å². The maximum absolute atomic E-state index is 10.7. The maximum Gasteiger partial charge on any atom is 0.320 e. The first kappa shape index (κ1) is 10.2. The van der Waals surface area contributed by atoms with Crippen LogP contribution in [0.4, 0.5) is 0 Å². The Morgan fingerprint density at radius 2 is 2.40 bits per heavy atom. The van der Waals surface area contributed by atoms with Gasteiger partial charge in [0.25, 0.3) is 0 Å². The molecule has 1 aliphatic rings. The van der Waals surface area contributed by atoms with Crippen molar-refractivity contribution in [2.24, 2.45) is 12.8 Å². The Morgan fingerprint density at radius 3 is 3.07 bits per heavy atom. The van der Waals surface area contributed by atoms with Crippen molar-refractivity contribution >= 4 is 5.97 Å². The minimum Gasteiger partial charge on any atom is -0.480 e. The number of nitrogens with two attached hydrogens (primary N) is 1. The van der Waals surface area contributed by atoms with Gasteiger partial charge in [-0.15, -0.1) is 0 Å². The highest BCUT2D eigenvalue weighted by Gasteiger charge is 2.23. The van der Waals surface area contributed by atoms with E-state index in [1.54, 1.807) is 0 Å². The molecule has 0 spiro atoms. The second-order valence-electron chi connectivity index (χ2n) is 4.00. The Labute approximate surface area is 87.9 Å². The number of rotatable bonds is 3. The number of nitrogens with zero attached hydrogens (tertiary/aromatic N) is 2. The lowest BCUT2D eigenvalue weighted by atomic mass is 10.1. The van der Waals surface area contributed by atoms with Gasteiger partial charge in [0.15, 0.2) is 0 Å². The normalized spacial score (nSPS) is 16.4. The van der Waals surface area contributed by atoms with E-state index in [1.165, 1.54) is 11.3 Å². The van der Waals surface area contributed by atoms with Crippen LogP contribution in [0.5, 0.6) is 0 Å². The van der Waals surface area contributed by atoms with Crippen molar-refractivity contribution in [3.8, 4) is 0 Å². The zero-order chi connectivity index (χ0) is 11.0. The van der Waals surface area contributed by atoms with Crippen LogP contribution in [0.2, 0.25) is 0 Å². The van der Waals surface area contributed by atoms with Crippen LogP contribution in [-0.2, 0) is 31.1 Å². The average Bonchev–Trinajstić information content (AvgIpc) is 2.72. The fourth-order valence-corrected chi connectivity index (χ4v) is 2.16. The number of hydrogen-bond acceptors (Lipinski definition) is 3. The van der Waals surface area contributed by atoms with Crippen LogP contribution in [0.25, 0.3) is 0 Å². The van der Waals surface area contributed by atoms with Gasteiger partial charge in [-0.3, -0.25) is 9.48 Å². The first-order valence-corrected chi connectivity index (χ1v) is 5.11. The van der Waals surface area contributed by atoms with Crippen LogP contribution in [0, 0.1) is 0 Å². The number of aliphatic carboxylic acids is 1. The van der Waals surface area contributed by atoms with Gasteiger partial charge in [-0.1, -0.05) is 0 Å². The third-order valence-electron chi connectivity index (χ3n) is 2.93. The Balaban J connectivity index is 2.22. The third kappa shape index (κ3) is 1.74. The van der Waals surface area contributed by atoms with E-state index in [0.717, 1.165) is 25.0 Å². The second-order valence-corrected chi connectivity index (χ2v) is 4.00. The molecule has 0 saturated heterocycles. The van der Waals surface area contributed by atoms with Crippen LogP contribution in [0.15, 0.2) is 0 Å². The molecular weight excluding hydrogens is 194 g/mol. The number of aryl methyl sites for hydroxylation is 1. The van der Waals surface area contributed by atoms with Gasteiger partial charge >= 0.3 is 5.97 Å². The van der Waals surface area contributed by atoms with E-state index >= 15 is 0 Å². The summed E-state index contributed by atoms with van der Waals surface area (Å²) in [6.07, 6.45) is 3.51. The monoisotopic (exact) mass is 209 g/mol. The summed E-state index contributed by atoms with van der Waals surface area (Å²) in [6, 6.07) is -0.843. The minimum atomic E-state index is -0.965. The molecule has 2 rings (SSSR count). The Hall–Kier alpha value is -1.36. The number of carboxylic acid groups (broad SMARTS) is 1. The van der Waals surface area contributed by atoms with Gasteiger partial charge in [0.1, 0.15) is 6.04 Å². The Kier molecular flexibility index (Phi) is 2.48. The van der Waals surface area contributed by atoms with E-state index in [-0.39, 0.29) is 0 Å². The molecule has 0 fully saturated rings. The number of hydrogen-bond donors (Lipinski definition) is 2. The number of carboxylic acids is 1. The van der Waals surface area contributed by atoms with Crippen LogP contribution in [0.3, 0.4) is 0 Å². The van der Waals surface area contributed by atoms with Crippen LogP contribution < -0.4 is 5.73 Å². The van der Waals surface area contributed by atoms with Crippen LogP contribution in [0.1, 0.15) is 23.4 Å². The Morgan fingerprint density at radius 1 is 1.67 bits per heavy atom. The molecule has 1 aliphatic carbocycles. The molecule has 1 unspecified atom stereocenters. The summed E-state index contributed by atoms with van der Waals surface area (Å²) < 4.78 is 1.85. The maximum atomic E-state index is 10.7. The topological polar surface area (TPSA) is 81.1 Å². The summed E-state index contributed by atoms with van der Waals surface area (Å²) in [7, 11) is 1.90. The predicted octanol–water partition coefficient (Wildman–Crippen LogP) is -0.137. The zero-order valence-electron chi connectivity index (χ0n) is 8.73. The first-order chi connectivity index (χ1) is 7.09.